The van der Waals surface area contributed by atoms with E-state index >= 15 is 0 Å². The van der Waals surface area contributed by atoms with E-state index in [9.17, 15) is 9.18 Å². The summed E-state index contributed by atoms with van der Waals surface area (Å²) in [5.74, 6) is -0.276. The third-order valence-corrected chi connectivity index (χ3v) is 3.56. The Kier molecular flexibility index (Phi) is 4.77. The molecule has 1 aromatic rings. The molecule has 1 aliphatic rings. The average molecular weight is 264 g/mol. The summed E-state index contributed by atoms with van der Waals surface area (Å²) in [5, 5.41) is 0. The van der Waals surface area contributed by atoms with Crippen LogP contribution in [0.5, 0.6) is 0 Å². The number of amides is 2. The standard InChI is InChI=1S/C15H21FN2O/c1-2-18(14-9-7-13(16)8-10-14)15(19)17-11-5-3-4-6-12-17/h7-10H,2-6,11-12H2,1H3. The average Bonchev–Trinajstić information content (AvgIpc) is 2.70. The molecule has 1 aromatic carbocycles. The van der Waals surface area contributed by atoms with Gasteiger partial charge in [-0.25, -0.2) is 9.18 Å². The first-order chi connectivity index (χ1) is 9.22. The molecule has 19 heavy (non-hydrogen) atoms. The summed E-state index contributed by atoms with van der Waals surface area (Å²) in [5.41, 5.74) is 0.762. The van der Waals surface area contributed by atoms with Gasteiger partial charge in [-0.1, -0.05) is 12.8 Å². The predicted octanol–water partition coefficient (Wildman–Crippen LogP) is 3.65. The molecule has 1 saturated heterocycles. The van der Waals surface area contributed by atoms with Crippen molar-refractivity contribution in [1.29, 1.82) is 0 Å². The molecule has 4 heteroatoms. The number of halogens is 1. The van der Waals surface area contributed by atoms with E-state index < -0.39 is 0 Å². The number of urea groups is 1. The van der Waals surface area contributed by atoms with Crippen molar-refractivity contribution < 1.29 is 9.18 Å². The van der Waals surface area contributed by atoms with Crippen molar-refractivity contribution in [3.8, 4) is 0 Å². The summed E-state index contributed by atoms with van der Waals surface area (Å²) in [6, 6.07) is 6.15. The molecule has 0 bridgehead atoms. The number of likely N-dealkylation sites (tertiary alicyclic amines) is 1. The van der Waals surface area contributed by atoms with E-state index in [1.807, 2.05) is 11.8 Å². The second-order valence-corrected chi connectivity index (χ2v) is 4.90. The number of rotatable bonds is 2. The van der Waals surface area contributed by atoms with Crippen LogP contribution >= 0.6 is 0 Å². The molecule has 0 radical (unpaired) electrons. The van der Waals surface area contributed by atoms with Crippen molar-refractivity contribution in [3.63, 3.8) is 0 Å². The van der Waals surface area contributed by atoms with Crippen LogP contribution in [0.25, 0.3) is 0 Å². The molecule has 2 amide bonds. The number of hydrogen-bond donors (Lipinski definition) is 0. The van der Waals surface area contributed by atoms with Crippen molar-refractivity contribution in [1.82, 2.24) is 4.90 Å². The lowest BCUT2D eigenvalue weighted by molar-refractivity contribution is 0.207. The van der Waals surface area contributed by atoms with Gasteiger partial charge in [-0.15, -0.1) is 0 Å². The van der Waals surface area contributed by atoms with E-state index in [0.29, 0.717) is 6.54 Å². The van der Waals surface area contributed by atoms with Crippen LogP contribution in [0.4, 0.5) is 14.9 Å². The van der Waals surface area contributed by atoms with Crippen LogP contribution < -0.4 is 4.90 Å². The molecule has 1 aliphatic heterocycles. The third-order valence-electron chi connectivity index (χ3n) is 3.56. The number of carbonyl (C=O) groups excluding carboxylic acids is 1. The number of nitrogens with zero attached hydrogens (tertiary/aromatic N) is 2. The fourth-order valence-electron chi connectivity index (χ4n) is 2.48. The lowest BCUT2D eigenvalue weighted by Crippen LogP contribution is -2.43. The van der Waals surface area contributed by atoms with Gasteiger partial charge in [0.1, 0.15) is 5.82 Å². The minimum atomic E-state index is -0.276. The van der Waals surface area contributed by atoms with Crippen molar-refractivity contribution in [2.45, 2.75) is 32.6 Å². The Morgan fingerprint density at radius 1 is 1.16 bits per heavy atom. The summed E-state index contributed by atoms with van der Waals surface area (Å²) in [7, 11) is 0. The van der Waals surface area contributed by atoms with E-state index in [-0.39, 0.29) is 11.8 Å². The molecule has 104 valence electrons. The van der Waals surface area contributed by atoms with Crippen molar-refractivity contribution in [3.05, 3.63) is 30.1 Å². The molecule has 2 rings (SSSR count). The third kappa shape index (κ3) is 3.46. The van der Waals surface area contributed by atoms with Gasteiger partial charge in [0.05, 0.1) is 0 Å². The highest BCUT2D eigenvalue weighted by atomic mass is 19.1. The molecular weight excluding hydrogens is 243 g/mol. The minimum absolute atomic E-state index is 0.0380. The molecule has 0 aliphatic carbocycles. The molecule has 0 N–H and O–H groups in total. The van der Waals surface area contributed by atoms with Gasteiger partial charge in [-0.3, -0.25) is 4.90 Å². The Labute approximate surface area is 114 Å². The largest absolute Gasteiger partial charge is 0.324 e. The van der Waals surface area contributed by atoms with E-state index in [4.69, 9.17) is 0 Å². The molecule has 0 unspecified atom stereocenters. The summed E-state index contributed by atoms with van der Waals surface area (Å²) < 4.78 is 12.9. The fourth-order valence-corrected chi connectivity index (χ4v) is 2.48. The number of hydrogen-bond acceptors (Lipinski definition) is 1. The molecule has 0 saturated carbocycles. The lowest BCUT2D eigenvalue weighted by atomic mass is 10.2. The van der Waals surface area contributed by atoms with Crippen LogP contribution in [-0.2, 0) is 0 Å². The second-order valence-electron chi connectivity index (χ2n) is 4.90. The second kappa shape index (κ2) is 6.55. The zero-order valence-corrected chi connectivity index (χ0v) is 11.4. The van der Waals surface area contributed by atoms with Crippen LogP contribution in [0.1, 0.15) is 32.6 Å². The maximum Gasteiger partial charge on any atom is 0.324 e. The first kappa shape index (κ1) is 13.8. The molecule has 0 spiro atoms. The highest BCUT2D eigenvalue weighted by molar-refractivity contribution is 5.91. The summed E-state index contributed by atoms with van der Waals surface area (Å²) in [4.78, 5) is 16.2. The molecule has 0 atom stereocenters. The van der Waals surface area contributed by atoms with Crippen LogP contribution in [0.15, 0.2) is 24.3 Å². The van der Waals surface area contributed by atoms with Crippen LogP contribution in [0, 0.1) is 5.82 Å². The van der Waals surface area contributed by atoms with Gasteiger partial charge < -0.3 is 4.90 Å². The highest BCUT2D eigenvalue weighted by Crippen LogP contribution is 2.18. The fraction of sp³-hybridized carbons (Fsp3) is 0.533. The Morgan fingerprint density at radius 3 is 2.26 bits per heavy atom. The first-order valence-corrected chi connectivity index (χ1v) is 7.04. The van der Waals surface area contributed by atoms with E-state index in [2.05, 4.69) is 0 Å². The quantitative estimate of drug-likeness (QED) is 0.799. The summed E-state index contributed by atoms with van der Waals surface area (Å²) in [6.07, 6.45) is 4.55. The van der Waals surface area contributed by atoms with Gasteiger partial charge >= 0.3 is 6.03 Å². The molecular formula is C15H21FN2O. The summed E-state index contributed by atoms with van der Waals surface area (Å²) >= 11 is 0. The lowest BCUT2D eigenvalue weighted by Gasteiger charge is -2.29. The molecule has 3 nitrogen and oxygen atoms in total. The van der Waals surface area contributed by atoms with Crippen LogP contribution in [0.2, 0.25) is 0 Å². The maximum atomic E-state index is 12.9. The van der Waals surface area contributed by atoms with Crippen molar-refractivity contribution in [2.24, 2.45) is 0 Å². The van der Waals surface area contributed by atoms with Gasteiger partial charge in [-0.2, -0.15) is 0 Å². The monoisotopic (exact) mass is 264 g/mol. The topological polar surface area (TPSA) is 23.6 Å². The first-order valence-electron chi connectivity index (χ1n) is 7.04. The normalized spacial score (nSPS) is 16.0. The number of carbonyl (C=O) groups is 1. The number of benzene rings is 1. The van der Waals surface area contributed by atoms with E-state index in [1.54, 1.807) is 17.0 Å². The predicted molar refractivity (Wildman–Crippen MR) is 74.9 cm³/mol. The van der Waals surface area contributed by atoms with Gasteiger partial charge in [0, 0.05) is 25.3 Å². The smallest absolute Gasteiger partial charge is 0.324 e. The van der Waals surface area contributed by atoms with Gasteiger partial charge in [0.2, 0.25) is 0 Å². The van der Waals surface area contributed by atoms with Gasteiger partial charge in [-0.05, 0) is 44.0 Å². The zero-order valence-electron chi connectivity index (χ0n) is 11.4. The van der Waals surface area contributed by atoms with E-state index in [0.717, 1.165) is 31.6 Å². The Morgan fingerprint density at radius 2 is 1.74 bits per heavy atom. The summed E-state index contributed by atoms with van der Waals surface area (Å²) in [6.45, 7) is 4.20. The van der Waals surface area contributed by atoms with E-state index in [1.165, 1.54) is 25.0 Å². The molecule has 0 aromatic heterocycles. The van der Waals surface area contributed by atoms with Crippen LogP contribution in [-0.4, -0.2) is 30.6 Å². The van der Waals surface area contributed by atoms with Crippen molar-refractivity contribution >= 4 is 11.7 Å². The SMILES string of the molecule is CCN(C(=O)N1CCCCCC1)c1ccc(F)cc1. The molecule has 1 heterocycles. The minimum Gasteiger partial charge on any atom is -0.324 e. The zero-order chi connectivity index (χ0) is 13.7. The number of anilines is 1. The Bertz CT molecular complexity index is 411. The maximum absolute atomic E-state index is 12.9. The molecule has 1 fully saturated rings. The van der Waals surface area contributed by atoms with Gasteiger partial charge in [0.15, 0.2) is 0 Å². The van der Waals surface area contributed by atoms with Gasteiger partial charge in [0.25, 0.3) is 0 Å². The van der Waals surface area contributed by atoms with Crippen LogP contribution in [0.3, 0.4) is 0 Å². The Hall–Kier alpha value is -1.58. The Balaban J connectivity index is 2.11. The highest BCUT2D eigenvalue weighted by Gasteiger charge is 2.21. The van der Waals surface area contributed by atoms with Crippen molar-refractivity contribution in [2.75, 3.05) is 24.5 Å².